The Morgan fingerprint density at radius 1 is 1.29 bits per heavy atom. The van der Waals surface area contributed by atoms with E-state index in [-0.39, 0.29) is 24.9 Å². The van der Waals surface area contributed by atoms with Crippen LogP contribution in [-0.4, -0.2) is 17.0 Å². The summed E-state index contributed by atoms with van der Waals surface area (Å²) >= 11 is 0. The predicted molar refractivity (Wildman–Crippen MR) is 58.9 cm³/mol. The van der Waals surface area contributed by atoms with E-state index in [0.29, 0.717) is 0 Å². The average Bonchev–Trinajstić information content (AvgIpc) is 2.60. The van der Waals surface area contributed by atoms with Crippen LogP contribution < -0.4 is 5.73 Å². The van der Waals surface area contributed by atoms with Gasteiger partial charge in [-0.2, -0.15) is 0 Å². The molecule has 2 aromatic rings. The van der Waals surface area contributed by atoms with Gasteiger partial charge in [-0.3, -0.25) is 9.36 Å². The van der Waals surface area contributed by atoms with E-state index in [1.165, 1.54) is 0 Å². The van der Waals surface area contributed by atoms with Gasteiger partial charge in [0.05, 0.1) is 12.1 Å². The summed E-state index contributed by atoms with van der Waals surface area (Å²) < 4.78 is 1.58. The lowest BCUT2D eigenvalue weighted by atomic mass is 10.2. The molecule has 0 aliphatic carbocycles. The van der Waals surface area contributed by atoms with Crippen LogP contribution in [-0.2, 0) is 0 Å². The number of nitrogens with zero attached hydrogens (tertiary/aromatic N) is 1. The second-order valence-electron chi connectivity index (χ2n) is 2.84. The second-order valence-corrected chi connectivity index (χ2v) is 2.84. The van der Waals surface area contributed by atoms with Crippen LogP contribution in [0.2, 0.25) is 0 Å². The maximum absolute atomic E-state index is 11.3. The molecular weight excluding hydrogens is 200 g/mol. The number of fused-ring (bicyclic) bond motifs is 1. The van der Waals surface area contributed by atoms with Crippen LogP contribution in [0.15, 0.2) is 36.5 Å². The third-order valence-corrected chi connectivity index (χ3v) is 2.04. The van der Waals surface area contributed by atoms with Gasteiger partial charge in [0.25, 0.3) is 0 Å². The van der Waals surface area contributed by atoms with Crippen molar-refractivity contribution in [2.24, 2.45) is 5.73 Å². The third kappa shape index (κ3) is 1.64. The molecule has 0 radical (unpaired) electrons. The molecule has 0 aliphatic rings. The van der Waals surface area contributed by atoms with Crippen LogP contribution in [0.25, 0.3) is 10.9 Å². The summed E-state index contributed by atoms with van der Waals surface area (Å²) in [5.74, 6) is -0.0822. The van der Waals surface area contributed by atoms with Crippen LogP contribution in [0.3, 0.4) is 0 Å². The molecule has 3 nitrogen and oxygen atoms in total. The molecule has 0 atom stereocenters. The average molecular weight is 211 g/mol. The van der Waals surface area contributed by atoms with E-state index in [1.54, 1.807) is 10.8 Å². The number of hydrogen-bond donors (Lipinski definition) is 1. The summed E-state index contributed by atoms with van der Waals surface area (Å²) in [5.41, 5.74) is 6.20. The van der Waals surface area contributed by atoms with E-state index in [4.69, 9.17) is 5.73 Å². The Hall–Kier alpha value is -1.32. The van der Waals surface area contributed by atoms with Crippen molar-refractivity contribution in [3.8, 4) is 0 Å². The van der Waals surface area contributed by atoms with Crippen molar-refractivity contribution < 1.29 is 4.79 Å². The smallest absolute Gasteiger partial charge is 0.244 e. The predicted octanol–water partition coefficient (Wildman–Crippen LogP) is 1.66. The number of para-hydroxylation sites is 1. The van der Waals surface area contributed by atoms with E-state index >= 15 is 0 Å². The molecule has 0 aliphatic heterocycles. The van der Waals surface area contributed by atoms with E-state index in [1.807, 2.05) is 30.3 Å². The van der Waals surface area contributed by atoms with Gasteiger partial charge in [-0.15, -0.1) is 12.4 Å². The van der Waals surface area contributed by atoms with Gasteiger partial charge in [0.1, 0.15) is 0 Å². The van der Waals surface area contributed by atoms with Crippen molar-refractivity contribution in [3.05, 3.63) is 36.5 Å². The molecule has 0 saturated heterocycles. The first-order chi connectivity index (χ1) is 6.33. The third-order valence-electron chi connectivity index (χ3n) is 2.04. The Labute approximate surface area is 87.9 Å². The summed E-state index contributed by atoms with van der Waals surface area (Å²) in [7, 11) is 0. The molecule has 0 saturated carbocycles. The largest absolute Gasteiger partial charge is 0.322 e. The molecule has 14 heavy (non-hydrogen) atoms. The highest BCUT2D eigenvalue weighted by Crippen LogP contribution is 2.14. The summed E-state index contributed by atoms with van der Waals surface area (Å²) in [6, 6.07) is 9.63. The van der Waals surface area contributed by atoms with E-state index in [0.717, 1.165) is 10.9 Å². The lowest BCUT2D eigenvalue weighted by Gasteiger charge is -1.99. The van der Waals surface area contributed by atoms with Gasteiger partial charge >= 0.3 is 0 Å². The summed E-state index contributed by atoms with van der Waals surface area (Å²) in [5, 5.41) is 1.06. The van der Waals surface area contributed by atoms with Gasteiger partial charge in [0, 0.05) is 11.6 Å². The van der Waals surface area contributed by atoms with Crippen LogP contribution >= 0.6 is 12.4 Å². The number of hydrogen-bond acceptors (Lipinski definition) is 2. The fourth-order valence-corrected chi connectivity index (χ4v) is 1.40. The van der Waals surface area contributed by atoms with Crippen molar-refractivity contribution in [1.29, 1.82) is 0 Å². The van der Waals surface area contributed by atoms with Crippen molar-refractivity contribution >= 4 is 29.2 Å². The maximum atomic E-state index is 11.3. The van der Waals surface area contributed by atoms with Crippen LogP contribution in [0.1, 0.15) is 4.79 Å². The Morgan fingerprint density at radius 3 is 2.71 bits per heavy atom. The van der Waals surface area contributed by atoms with Gasteiger partial charge in [0.15, 0.2) is 0 Å². The quantitative estimate of drug-likeness (QED) is 0.778. The highest BCUT2D eigenvalue weighted by molar-refractivity contribution is 5.93. The molecule has 1 aromatic heterocycles. The molecule has 0 spiro atoms. The number of halogens is 1. The zero-order valence-electron chi connectivity index (χ0n) is 7.51. The SMILES string of the molecule is Cl.NCC(=O)n1ccc2ccccc21. The van der Waals surface area contributed by atoms with Crippen molar-refractivity contribution in [1.82, 2.24) is 4.57 Å². The number of rotatable bonds is 1. The molecule has 2 rings (SSSR count). The fraction of sp³-hybridized carbons (Fsp3) is 0.100. The number of carbonyl (C=O) groups excluding carboxylic acids is 1. The normalized spacial score (nSPS) is 9.79. The molecule has 0 unspecified atom stereocenters. The monoisotopic (exact) mass is 210 g/mol. The molecule has 1 aromatic carbocycles. The summed E-state index contributed by atoms with van der Waals surface area (Å²) in [6.07, 6.45) is 1.75. The molecule has 0 amide bonds. The van der Waals surface area contributed by atoms with Gasteiger partial charge in [-0.1, -0.05) is 18.2 Å². The second kappa shape index (κ2) is 4.26. The van der Waals surface area contributed by atoms with Gasteiger partial charge in [-0.05, 0) is 12.1 Å². The zero-order chi connectivity index (χ0) is 9.26. The first kappa shape index (κ1) is 10.8. The van der Waals surface area contributed by atoms with Crippen molar-refractivity contribution in [2.75, 3.05) is 6.54 Å². The molecule has 0 bridgehead atoms. The Morgan fingerprint density at radius 2 is 2.00 bits per heavy atom. The molecule has 0 fully saturated rings. The van der Waals surface area contributed by atoms with Crippen LogP contribution in [0.4, 0.5) is 0 Å². The maximum Gasteiger partial charge on any atom is 0.244 e. The highest BCUT2D eigenvalue weighted by Gasteiger charge is 2.04. The van der Waals surface area contributed by atoms with Crippen LogP contribution in [0.5, 0.6) is 0 Å². The van der Waals surface area contributed by atoms with E-state index in [2.05, 4.69) is 0 Å². The Bertz CT molecular complexity index is 450. The van der Waals surface area contributed by atoms with Gasteiger partial charge in [-0.25, -0.2) is 0 Å². The number of nitrogens with two attached hydrogens (primary N) is 1. The van der Waals surface area contributed by atoms with Crippen LogP contribution in [0, 0.1) is 0 Å². The Balaban J connectivity index is 0.000000980. The van der Waals surface area contributed by atoms with Gasteiger partial charge in [0.2, 0.25) is 5.91 Å². The lowest BCUT2D eigenvalue weighted by molar-refractivity contribution is 0.0929. The summed E-state index contributed by atoms with van der Waals surface area (Å²) in [4.78, 5) is 11.3. The first-order valence-corrected chi connectivity index (χ1v) is 4.12. The fourth-order valence-electron chi connectivity index (χ4n) is 1.40. The lowest BCUT2D eigenvalue weighted by Crippen LogP contribution is -2.19. The highest BCUT2D eigenvalue weighted by atomic mass is 35.5. The minimum Gasteiger partial charge on any atom is -0.322 e. The minimum absolute atomic E-state index is 0. The first-order valence-electron chi connectivity index (χ1n) is 4.12. The number of benzene rings is 1. The summed E-state index contributed by atoms with van der Waals surface area (Å²) in [6.45, 7) is 0.0404. The molecular formula is C10H11ClN2O. The van der Waals surface area contributed by atoms with Crippen molar-refractivity contribution in [3.63, 3.8) is 0 Å². The van der Waals surface area contributed by atoms with Gasteiger partial charge < -0.3 is 5.73 Å². The van der Waals surface area contributed by atoms with Crippen molar-refractivity contribution in [2.45, 2.75) is 0 Å². The number of carbonyl (C=O) groups is 1. The number of aromatic nitrogens is 1. The standard InChI is InChI=1S/C10H10N2O.ClH/c11-7-10(13)12-6-5-8-3-1-2-4-9(8)12;/h1-6H,7,11H2;1H. The van der Waals surface area contributed by atoms with E-state index in [9.17, 15) is 4.79 Å². The molecule has 74 valence electrons. The zero-order valence-corrected chi connectivity index (χ0v) is 8.33. The van der Waals surface area contributed by atoms with E-state index < -0.39 is 0 Å². The topological polar surface area (TPSA) is 48.0 Å². The molecule has 2 N–H and O–H groups in total. The molecule has 1 heterocycles. The minimum atomic E-state index is -0.0822. The molecule has 4 heteroatoms. The Kier molecular flexibility index (Phi) is 3.28.